The smallest absolute Gasteiger partial charge is 0.246 e. The fourth-order valence-electron chi connectivity index (χ4n) is 0.754. The van der Waals surface area contributed by atoms with Gasteiger partial charge in [0.1, 0.15) is 0 Å². The van der Waals surface area contributed by atoms with Crippen molar-refractivity contribution in [1.82, 2.24) is 0 Å². The predicted molar refractivity (Wildman–Crippen MR) is 43.4 cm³/mol. The summed E-state index contributed by atoms with van der Waals surface area (Å²) < 4.78 is 10.1. The van der Waals surface area contributed by atoms with Crippen LogP contribution < -0.4 is 0 Å². The summed E-state index contributed by atoms with van der Waals surface area (Å²) in [4.78, 5) is 0. The molecule has 3 nitrogen and oxygen atoms in total. The highest BCUT2D eigenvalue weighted by atomic mass is 28.2. The van der Waals surface area contributed by atoms with Crippen LogP contribution in [0.5, 0.6) is 0 Å². The van der Waals surface area contributed by atoms with Crippen LogP contribution >= 0.6 is 0 Å². The summed E-state index contributed by atoms with van der Waals surface area (Å²) in [6.07, 6.45) is 0.777. The second-order valence-electron chi connectivity index (χ2n) is 2.47. The van der Waals surface area contributed by atoms with Crippen LogP contribution in [0.25, 0.3) is 0 Å². The molecule has 0 aromatic heterocycles. The maximum atomic E-state index is 8.77. The van der Waals surface area contributed by atoms with Crippen LogP contribution in [0, 0.1) is 0 Å². The molecule has 0 aromatic rings. The van der Waals surface area contributed by atoms with E-state index in [9.17, 15) is 0 Å². The number of rotatable bonds is 6. The molecule has 0 aliphatic rings. The first kappa shape index (κ1) is 11.1. The van der Waals surface area contributed by atoms with Crippen molar-refractivity contribution in [3.8, 4) is 0 Å². The highest BCUT2D eigenvalue weighted by Crippen LogP contribution is 2.01. The third-order valence-corrected chi connectivity index (χ3v) is 1.57. The molecule has 0 saturated carbocycles. The van der Waals surface area contributed by atoms with E-state index >= 15 is 0 Å². The SMILES string of the molecule is CC[C@H](CO)O[C@H](C)CO[Si]. The van der Waals surface area contributed by atoms with Crippen LogP contribution in [-0.4, -0.2) is 41.0 Å². The Hall–Kier alpha value is 0.0969. The van der Waals surface area contributed by atoms with Gasteiger partial charge in [0.05, 0.1) is 25.4 Å². The van der Waals surface area contributed by atoms with Gasteiger partial charge in [0.25, 0.3) is 0 Å². The molecule has 11 heavy (non-hydrogen) atoms. The summed E-state index contributed by atoms with van der Waals surface area (Å²) in [5.41, 5.74) is 0. The summed E-state index contributed by atoms with van der Waals surface area (Å²) in [6, 6.07) is 0. The molecule has 0 rings (SSSR count). The average Bonchev–Trinajstić information content (AvgIpc) is 2.01. The first-order valence-electron chi connectivity index (χ1n) is 3.79. The van der Waals surface area contributed by atoms with Crippen LogP contribution in [-0.2, 0) is 9.16 Å². The summed E-state index contributed by atoms with van der Waals surface area (Å²) in [6.45, 7) is 4.44. The quantitative estimate of drug-likeness (QED) is 0.589. The van der Waals surface area contributed by atoms with Crippen molar-refractivity contribution in [3.63, 3.8) is 0 Å². The zero-order valence-electron chi connectivity index (χ0n) is 7.04. The topological polar surface area (TPSA) is 38.7 Å². The molecule has 0 heterocycles. The van der Waals surface area contributed by atoms with E-state index in [0.29, 0.717) is 6.61 Å². The molecule has 0 amide bonds. The van der Waals surface area contributed by atoms with E-state index in [-0.39, 0.29) is 18.8 Å². The number of hydrogen-bond donors (Lipinski definition) is 1. The Morgan fingerprint density at radius 3 is 2.55 bits per heavy atom. The Kier molecular flexibility index (Phi) is 6.85. The van der Waals surface area contributed by atoms with Gasteiger partial charge in [-0.25, -0.2) is 0 Å². The fourth-order valence-corrected chi connectivity index (χ4v) is 0.988. The van der Waals surface area contributed by atoms with E-state index in [1.54, 1.807) is 0 Å². The molecule has 2 atom stereocenters. The van der Waals surface area contributed by atoms with Gasteiger partial charge in [0.2, 0.25) is 10.5 Å². The van der Waals surface area contributed by atoms with Gasteiger partial charge in [-0.05, 0) is 13.3 Å². The average molecular weight is 175 g/mol. The van der Waals surface area contributed by atoms with Crippen LogP contribution in [0.1, 0.15) is 20.3 Å². The van der Waals surface area contributed by atoms with Crippen LogP contribution in [0.4, 0.5) is 0 Å². The molecule has 0 aliphatic carbocycles. The van der Waals surface area contributed by atoms with Crippen molar-refractivity contribution < 1.29 is 14.3 Å². The first-order valence-corrected chi connectivity index (χ1v) is 4.20. The van der Waals surface area contributed by atoms with Crippen molar-refractivity contribution in [3.05, 3.63) is 0 Å². The lowest BCUT2D eigenvalue weighted by Crippen LogP contribution is -2.25. The molecule has 0 unspecified atom stereocenters. The molecular weight excluding hydrogens is 160 g/mol. The second kappa shape index (κ2) is 6.79. The number of ether oxygens (including phenoxy) is 1. The van der Waals surface area contributed by atoms with E-state index in [2.05, 4.69) is 10.5 Å². The molecule has 1 N–H and O–H groups in total. The lowest BCUT2D eigenvalue weighted by Gasteiger charge is -2.18. The maximum Gasteiger partial charge on any atom is 0.246 e. The molecule has 0 saturated heterocycles. The molecule has 4 heteroatoms. The summed E-state index contributed by atoms with van der Waals surface area (Å²) in [5, 5.41) is 8.77. The van der Waals surface area contributed by atoms with Gasteiger partial charge in [0, 0.05) is 0 Å². The van der Waals surface area contributed by atoms with Crippen LogP contribution in [0.15, 0.2) is 0 Å². The molecule has 3 radical (unpaired) electrons. The van der Waals surface area contributed by atoms with Gasteiger partial charge in [-0.1, -0.05) is 6.92 Å². The summed E-state index contributed by atoms with van der Waals surface area (Å²) in [7, 11) is 2.89. The molecule has 0 bridgehead atoms. The van der Waals surface area contributed by atoms with Crippen LogP contribution in [0.2, 0.25) is 0 Å². The number of aliphatic hydroxyl groups is 1. The Morgan fingerprint density at radius 2 is 2.18 bits per heavy atom. The fraction of sp³-hybridized carbons (Fsp3) is 1.00. The molecule has 0 spiro atoms. The molecular formula is C7H15O3Si. The Labute approximate surface area is 71.2 Å². The Balaban J connectivity index is 3.44. The van der Waals surface area contributed by atoms with Crippen molar-refractivity contribution in [1.29, 1.82) is 0 Å². The van der Waals surface area contributed by atoms with E-state index < -0.39 is 0 Å². The summed E-state index contributed by atoms with van der Waals surface area (Å²) >= 11 is 0. The first-order chi connectivity index (χ1) is 5.24. The van der Waals surface area contributed by atoms with Crippen molar-refractivity contribution in [2.75, 3.05) is 13.2 Å². The van der Waals surface area contributed by atoms with Crippen molar-refractivity contribution in [2.45, 2.75) is 32.5 Å². The van der Waals surface area contributed by atoms with Gasteiger partial charge < -0.3 is 14.3 Å². The molecule has 0 aromatic carbocycles. The third-order valence-electron chi connectivity index (χ3n) is 1.40. The largest absolute Gasteiger partial charge is 0.416 e. The Bertz CT molecular complexity index is 85.8. The number of hydrogen-bond acceptors (Lipinski definition) is 3. The summed E-state index contributed by atoms with van der Waals surface area (Å²) in [5.74, 6) is 0. The Morgan fingerprint density at radius 1 is 1.55 bits per heavy atom. The zero-order chi connectivity index (χ0) is 8.69. The minimum Gasteiger partial charge on any atom is -0.416 e. The zero-order valence-corrected chi connectivity index (χ0v) is 8.04. The lowest BCUT2D eigenvalue weighted by molar-refractivity contribution is -0.0477. The highest BCUT2D eigenvalue weighted by molar-refractivity contribution is 5.97. The van der Waals surface area contributed by atoms with Crippen molar-refractivity contribution >= 4 is 10.5 Å². The second-order valence-corrected chi connectivity index (χ2v) is 2.76. The van der Waals surface area contributed by atoms with Gasteiger partial charge >= 0.3 is 0 Å². The van der Waals surface area contributed by atoms with Crippen LogP contribution in [0.3, 0.4) is 0 Å². The predicted octanol–water partition coefficient (Wildman–Crippen LogP) is 0.262. The standard InChI is InChI=1S/C7H15O3Si/c1-3-7(4-8)10-6(2)5-9-11/h6-8H,3-5H2,1-2H3/t6-,7-/m1/s1. The molecule has 0 aliphatic heterocycles. The van der Waals surface area contributed by atoms with Crippen molar-refractivity contribution in [2.24, 2.45) is 0 Å². The minimum atomic E-state index is -0.0631. The monoisotopic (exact) mass is 175 g/mol. The van der Waals surface area contributed by atoms with E-state index in [1.165, 1.54) is 0 Å². The third kappa shape index (κ3) is 5.38. The number of aliphatic hydroxyl groups excluding tert-OH is 1. The van der Waals surface area contributed by atoms with E-state index in [4.69, 9.17) is 14.3 Å². The maximum absolute atomic E-state index is 8.77. The van der Waals surface area contributed by atoms with Gasteiger partial charge in [-0.3, -0.25) is 0 Å². The molecule has 65 valence electrons. The normalized spacial score (nSPS) is 16.4. The minimum absolute atomic E-state index is 0.0181. The lowest BCUT2D eigenvalue weighted by atomic mass is 10.3. The van der Waals surface area contributed by atoms with E-state index in [1.807, 2.05) is 13.8 Å². The van der Waals surface area contributed by atoms with Gasteiger partial charge in [0.15, 0.2) is 0 Å². The van der Waals surface area contributed by atoms with E-state index in [0.717, 1.165) is 6.42 Å². The van der Waals surface area contributed by atoms with Gasteiger partial charge in [-0.2, -0.15) is 0 Å². The van der Waals surface area contributed by atoms with Gasteiger partial charge in [-0.15, -0.1) is 0 Å². The highest BCUT2D eigenvalue weighted by Gasteiger charge is 2.09. The molecule has 0 fully saturated rings.